The summed E-state index contributed by atoms with van der Waals surface area (Å²) in [5, 5.41) is 0.730. The molecule has 0 aliphatic rings. The molecule has 0 aliphatic carbocycles. The number of carbonyl (C=O) groups is 1. The van der Waals surface area contributed by atoms with Crippen molar-refractivity contribution in [2.75, 3.05) is 7.11 Å². The Morgan fingerprint density at radius 3 is 2.79 bits per heavy atom. The molecule has 2 rings (SSSR count). The van der Waals surface area contributed by atoms with E-state index in [1.807, 2.05) is 18.2 Å². The third kappa shape index (κ3) is 3.43. The number of benzene rings is 1. The Labute approximate surface area is 120 Å². The average molecular weight is 297 g/mol. The zero-order chi connectivity index (χ0) is 13.8. The van der Waals surface area contributed by atoms with Crippen LogP contribution in [0.5, 0.6) is 0 Å². The largest absolute Gasteiger partial charge is 0.465 e. The molecule has 0 saturated heterocycles. The summed E-state index contributed by atoms with van der Waals surface area (Å²) in [6, 6.07) is 7.38. The molecule has 0 unspecified atom stereocenters. The summed E-state index contributed by atoms with van der Waals surface area (Å²) in [5.74, 6) is -0.0424. The van der Waals surface area contributed by atoms with E-state index in [1.54, 1.807) is 6.07 Å². The van der Waals surface area contributed by atoms with Crippen LogP contribution < -0.4 is 0 Å². The van der Waals surface area contributed by atoms with Gasteiger partial charge in [0.05, 0.1) is 7.11 Å². The first-order valence-electron chi connectivity index (χ1n) is 5.44. The molecule has 2 aromatic rings. The van der Waals surface area contributed by atoms with E-state index in [0.29, 0.717) is 17.3 Å². The highest BCUT2D eigenvalue weighted by atomic mass is 35.5. The van der Waals surface area contributed by atoms with Gasteiger partial charge in [-0.25, -0.2) is 14.8 Å². The fourth-order valence-electron chi connectivity index (χ4n) is 1.56. The Balaban J connectivity index is 2.23. The van der Waals surface area contributed by atoms with Gasteiger partial charge < -0.3 is 4.74 Å². The fourth-order valence-corrected chi connectivity index (χ4v) is 1.99. The van der Waals surface area contributed by atoms with Crippen molar-refractivity contribution in [1.29, 1.82) is 0 Å². The van der Waals surface area contributed by atoms with Crippen LogP contribution in [0.1, 0.15) is 21.7 Å². The van der Waals surface area contributed by atoms with Crippen LogP contribution in [0, 0.1) is 0 Å². The number of methoxy groups -OCH3 is 1. The molecule has 0 amide bonds. The highest BCUT2D eigenvalue weighted by Gasteiger charge is 2.13. The number of aromatic nitrogens is 2. The highest BCUT2D eigenvalue weighted by Crippen LogP contribution is 2.16. The van der Waals surface area contributed by atoms with Gasteiger partial charge in [0.2, 0.25) is 0 Å². The van der Waals surface area contributed by atoms with Crippen molar-refractivity contribution in [2.45, 2.75) is 6.42 Å². The number of rotatable bonds is 3. The summed E-state index contributed by atoms with van der Waals surface area (Å²) in [6.07, 6.45) is 1.85. The second kappa shape index (κ2) is 5.99. The van der Waals surface area contributed by atoms with Gasteiger partial charge in [0, 0.05) is 17.6 Å². The Bertz CT molecular complexity index is 617. The molecule has 4 nitrogen and oxygen atoms in total. The molecule has 0 spiro atoms. The first-order valence-corrected chi connectivity index (χ1v) is 6.20. The molecule has 0 radical (unpaired) electrons. The van der Waals surface area contributed by atoms with Crippen LogP contribution in [0.3, 0.4) is 0 Å². The summed E-state index contributed by atoms with van der Waals surface area (Å²) in [4.78, 5) is 19.5. The number of nitrogens with zero attached hydrogens (tertiary/aromatic N) is 2. The number of hydrogen-bond acceptors (Lipinski definition) is 4. The Morgan fingerprint density at radius 1 is 1.37 bits per heavy atom. The van der Waals surface area contributed by atoms with Crippen LogP contribution in [-0.4, -0.2) is 23.0 Å². The summed E-state index contributed by atoms with van der Waals surface area (Å²) in [7, 11) is 1.28. The lowest BCUT2D eigenvalue weighted by Crippen LogP contribution is -2.06. The number of ether oxygens (including phenoxy) is 1. The molecule has 19 heavy (non-hydrogen) atoms. The second-order valence-corrected chi connectivity index (χ2v) is 4.58. The predicted molar refractivity (Wildman–Crippen MR) is 72.6 cm³/mol. The predicted octanol–water partition coefficient (Wildman–Crippen LogP) is 3.16. The summed E-state index contributed by atoms with van der Waals surface area (Å²) < 4.78 is 4.57. The molecule has 0 saturated carbocycles. The normalized spacial score (nSPS) is 10.3. The Morgan fingerprint density at radius 2 is 2.16 bits per heavy atom. The molecule has 1 heterocycles. The van der Waals surface area contributed by atoms with E-state index >= 15 is 0 Å². The zero-order valence-electron chi connectivity index (χ0n) is 10.1. The Kier molecular flexibility index (Phi) is 4.35. The molecular formula is C13H10Cl2N2O2. The topological polar surface area (TPSA) is 52.1 Å². The highest BCUT2D eigenvalue weighted by molar-refractivity contribution is 6.32. The molecule has 1 aromatic heterocycles. The maximum absolute atomic E-state index is 11.3. The van der Waals surface area contributed by atoms with Crippen molar-refractivity contribution in [1.82, 2.24) is 9.97 Å². The monoisotopic (exact) mass is 296 g/mol. The minimum Gasteiger partial charge on any atom is -0.465 e. The van der Waals surface area contributed by atoms with Crippen LogP contribution in [0.25, 0.3) is 0 Å². The third-order valence-corrected chi connectivity index (χ3v) is 2.97. The molecule has 6 heteroatoms. The summed E-state index contributed by atoms with van der Waals surface area (Å²) in [5.41, 5.74) is 1.12. The standard InChI is InChI=1S/C13H10Cl2N2O2/c1-19-13(18)10-7-16-11(17-12(10)15)6-8-3-2-4-9(14)5-8/h2-5,7H,6H2,1H3. The summed E-state index contributed by atoms with van der Waals surface area (Å²) in [6.45, 7) is 0. The van der Waals surface area contributed by atoms with Gasteiger partial charge >= 0.3 is 5.97 Å². The van der Waals surface area contributed by atoms with E-state index in [0.717, 1.165) is 5.56 Å². The smallest absolute Gasteiger partial charge is 0.342 e. The molecule has 1 aromatic carbocycles. The lowest BCUT2D eigenvalue weighted by Gasteiger charge is -2.04. The van der Waals surface area contributed by atoms with Gasteiger partial charge in [0.25, 0.3) is 0 Å². The van der Waals surface area contributed by atoms with Gasteiger partial charge in [-0.15, -0.1) is 0 Å². The Hall–Kier alpha value is -1.65. The maximum atomic E-state index is 11.3. The zero-order valence-corrected chi connectivity index (χ0v) is 11.6. The van der Waals surface area contributed by atoms with Crippen molar-refractivity contribution in [2.24, 2.45) is 0 Å². The number of esters is 1. The first kappa shape index (κ1) is 13.8. The minimum atomic E-state index is -0.556. The van der Waals surface area contributed by atoms with E-state index in [2.05, 4.69) is 14.7 Å². The van der Waals surface area contributed by atoms with Gasteiger partial charge in [-0.2, -0.15) is 0 Å². The van der Waals surface area contributed by atoms with Crippen molar-refractivity contribution in [3.05, 3.63) is 57.6 Å². The second-order valence-electron chi connectivity index (χ2n) is 3.79. The number of carbonyl (C=O) groups excluding carboxylic acids is 1. The molecule has 0 aliphatic heterocycles. The van der Waals surface area contributed by atoms with Gasteiger partial charge in [0.1, 0.15) is 16.5 Å². The van der Waals surface area contributed by atoms with E-state index in [4.69, 9.17) is 23.2 Å². The van der Waals surface area contributed by atoms with E-state index < -0.39 is 5.97 Å². The third-order valence-electron chi connectivity index (χ3n) is 2.45. The average Bonchev–Trinajstić information content (AvgIpc) is 2.38. The number of hydrogen-bond donors (Lipinski definition) is 0. The van der Waals surface area contributed by atoms with Crippen LogP contribution in [0.2, 0.25) is 10.2 Å². The minimum absolute atomic E-state index is 0.0823. The van der Waals surface area contributed by atoms with Crippen LogP contribution >= 0.6 is 23.2 Å². The maximum Gasteiger partial charge on any atom is 0.342 e. The fraction of sp³-hybridized carbons (Fsp3) is 0.154. The van der Waals surface area contributed by atoms with Gasteiger partial charge in [-0.3, -0.25) is 0 Å². The van der Waals surface area contributed by atoms with E-state index in [-0.39, 0.29) is 10.7 Å². The van der Waals surface area contributed by atoms with E-state index in [1.165, 1.54) is 13.3 Å². The van der Waals surface area contributed by atoms with E-state index in [9.17, 15) is 4.79 Å². The lowest BCUT2D eigenvalue weighted by molar-refractivity contribution is 0.0600. The quantitative estimate of drug-likeness (QED) is 0.645. The molecule has 0 N–H and O–H groups in total. The van der Waals surface area contributed by atoms with Crippen LogP contribution in [0.15, 0.2) is 30.5 Å². The van der Waals surface area contributed by atoms with Crippen LogP contribution in [-0.2, 0) is 11.2 Å². The lowest BCUT2D eigenvalue weighted by atomic mass is 10.1. The van der Waals surface area contributed by atoms with Crippen molar-refractivity contribution < 1.29 is 9.53 Å². The SMILES string of the molecule is COC(=O)c1cnc(Cc2cccc(Cl)c2)nc1Cl. The van der Waals surface area contributed by atoms with Crippen molar-refractivity contribution in [3.8, 4) is 0 Å². The van der Waals surface area contributed by atoms with Gasteiger partial charge in [-0.1, -0.05) is 35.3 Å². The molecule has 98 valence electrons. The number of halogens is 2. The van der Waals surface area contributed by atoms with Crippen LogP contribution in [0.4, 0.5) is 0 Å². The molecule has 0 bridgehead atoms. The van der Waals surface area contributed by atoms with Crippen molar-refractivity contribution >= 4 is 29.2 Å². The first-order chi connectivity index (χ1) is 9.10. The molecular weight excluding hydrogens is 287 g/mol. The summed E-state index contributed by atoms with van der Waals surface area (Å²) >= 11 is 11.8. The molecule has 0 fully saturated rings. The van der Waals surface area contributed by atoms with Gasteiger partial charge in [-0.05, 0) is 17.7 Å². The van der Waals surface area contributed by atoms with Gasteiger partial charge in [0.15, 0.2) is 0 Å². The molecule has 0 atom stereocenters. The van der Waals surface area contributed by atoms with Crippen molar-refractivity contribution in [3.63, 3.8) is 0 Å².